The van der Waals surface area contributed by atoms with Crippen molar-refractivity contribution in [3.05, 3.63) is 38.2 Å². The van der Waals surface area contributed by atoms with Crippen molar-refractivity contribution < 1.29 is 8.42 Å². The highest BCUT2D eigenvalue weighted by atomic mass is 32.2. The zero-order chi connectivity index (χ0) is 15.5. The molecule has 0 bridgehead atoms. The van der Waals surface area contributed by atoms with E-state index in [1.54, 1.807) is 17.4 Å². The average molecular weight is 345 g/mol. The fraction of sp³-hybridized carbons (Fsp3) is 0.429. The quantitative estimate of drug-likeness (QED) is 0.812. The zero-order valence-electron chi connectivity index (χ0n) is 12.3. The zero-order valence-corrected chi connectivity index (χ0v) is 14.8. The van der Waals surface area contributed by atoms with Crippen LogP contribution in [-0.2, 0) is 23.0 Å². The molecule has 0 radical (unpaired) electrons. The molecule has 0 spiro atoms. The van der Waals surface area contributed by atoms with E-state index in [4.69, 9.17) is 0 Å². The summed E-state index contributed by atoms with van der Waals surface area (Å²) in [6.07, 6.45) is 0.704. The largest absolute Gasteiger partial charge is 0.315 e. The van der Waals surface area contributed by atoms with Crippen LogP contribution < -0.4 is 10.0 Å². The molecule has 0 fully saturated rings. The predicted molar refractivity (Wildman–Crippen MR) is 89.6 cm³/mol. The van der Waals surface area contributed by atoms with Crippen LogP contribution in [0.5, 0.6) is 0 Å². The van der Waals surface area contributed by atoms with Crippen molar-refractivity contribution in [2.75, 3.05) is 7.05 Å². The Balaban J connectivity index is 2.10. The van der Waals surface area contributed by atoms with E-state index >= 15 is 0 Å². The lowest BCUT2D eigenvalue weighted by Gasteiger charge is -2.13. The predicted octanol–water partition coefficient (Wildman–Crippen LogP) is 2.75. The third-order valence-electron chi connectivity index (χ3n) is 3.04. The number of rotatable bonds is 7. The topological polar surface area (TPSA) is 58.2 Å². The molecule has 0 saturated heterocycles. The highest BCUT2D eigenvalue weighted by Gasteiger charge is 2.22. The summed E-state index contributed by atoms with van der Waals surface area (Å²) in [5, 5.41) is 7.09. The normalized spacial score (nSPS) is 13.5. The van der Waals surface area contributed by atoms with Crippen LogP contribution in [-0.4, -0.2) is 21.5 Å². The van der Waals surface area contributed by atoms with Gasteiger partial charge in [-0.25, -0.2) is 13.1 Å². The summed E-state index contributed by atoms with van der Waals surface area (Å²) in [5.74, 6) is 0. The van der Waals surface area contributed by atoms with E-state index in [-0.39, 0.29) is 6.04 Å². The molecule has 2 aromatic rings. The Morgan fingerprint density at radius 1 is 1.38 bits per heavy atom. The standard InChI is InChI=1S/C14H20N2O2S3/c1-10(6-12-4-5-19-9-12)16-21(17,18)14-7-13(8-15-3)20-11(14)2/h4-5,7,9-10,15-16H,6,8H2,1-3H3. The van der Waals surface area contributed by atoms with Crippen LogP contribution in [0.25, 0.3) is 0 Å². The van der Waals surface area contributed by atoms with Crippen LogP contribution in [0.4, 0.5) is 0 Å². The van der Waals surface area contributed by atoms with Crippen LogP contribution >= 0.6 is 22.7 Å². The minimum atomic E-state index is -3.45. The molecule has 1 unspecified atom stereocenters. The van der Waals surface area contributed by atoms with E-state index in [9.17, 15) is 8.42 Å². The van der Waals surface area contributed by atoms with Crippen LogP contribution in [0.15, 0.2) is 27.8 Å². The first kappa shape index (κ1) is 16.6. The second-order valence-electron chi connectivity index (χ2n) is 5.02. The molecule has 0 aliphatic carbocycles. The number of aryl methyl sites for hydroxylation is 1. The molecule has 2 N–H and O–H groups in total. The van der Waals surface area contributed by atoms with Gasteiger partial charge in [-0.15, -0.1) is 11.3 Å². The van der Waals surface area contributed by atoms with Gasteiger partial charge >= 0.3 is 0 Å². The fourth-order valence-electron chi connectivity index (χ4n) is 2.18. The monoisotopic (exact) mass is 344 g/mol. The Bertz CT molecular complexity index is 675. The molecule has 21 heavy (non-hydrogen) atoms. The van der Waals surface area contributed by atoms with Gasteiger partial charge in [0, 0.05) is 22.3 Å². The Labute approximate surface area is 134 Å². The molecule has 2 aromatic heterocycles. The molecule has 2 heterocycles. The smallest absolute Gasteiger partial charge is 0.241 e. The Kier molecular flexibility index (Phi) is 5.56. The lowest BCUT2D eigenvalue weighted by molar-refractivity contribution is 0.560. The lowest BCUT2D eigenvalue weighted by Crippen LogP contribution is -2.34. The van der Waals surface area contributed by atoms with Gasteiger partial charge in [-0.05, 0) is 55.8 Å². The van der Waals surface area contributed by atoms with Crippen molar-refractivity contribution in [1.82, 2.24) is 10.0 Å². The second-order valence-corrected chi connectivity index (χ2v) is 8.82. The molecule has 2 rings (SSSR count). The molecule has 0 aromatic carbocycles. The van der Waals surface area contributed by atoms with Crippen molar-refractivity contribution in [3.8, 4) is 0 Å². The van der Waals surface area contributed by atoms with Gasteiger partial charge in [-0.1, -0.05) is 0 Å². The third kappa shape index (κ3) is 4.37. The molecule has 0 aliphatic rings. The van der Waals surface area contributed by atoms with Gasteiger partial charge in [0.2, 0.25) is 10.0 Å². The number of hydrogen-bond acceptors (Lipinski definition) is 5. The number of sulfonamides is 1. The minimum Gasteiger partial charge on any atom is -0.315 e. The van der Waals surface area contributed by atoms with Crippen molar-refractivity contribution >= 4 is 32.7 Å². The summed E-state index contributed by atoms with van der Waals surface area (Å²) in [6.45, 7) is 4.43. The maximum absolute atomic E-state index is 12.5. The van der Waals surface area contributed by atoms with Gasteiger partial charge in [-0.3, -0.25) is 0 Å². The molecule has 7 heteroatoms. The van der Waals surface area contributed by atoms with Gasteiger partial charge in [0.1, 0.15) is 0 Å². The maximum atomic E-state index is 12.5. The second kappa shape index (κ2) is 7.02. The molecule has 0 aliphatic heterocycles. The SMILES string of the molecule is CNCc1cc(S(=O)(=O)NC(C)Cc2ccsc2)c(C)s1. The van der Waals surface area contributed by atoms with Crippen molar-refractivity contribution in [1.29, 1.82) is 0 Å². The number of hydrogen-bond donors (Lipinski definition) is 2. The van der Waals surface area contributed by atoms with E-state index in [0.29, 0.717) is 17.9 Å². The van der Waals surface area contributed by atoms with Crippen LogP contribution in [0.3, 0.4) is 0 Å². The maximum Gasteiger partial charge on any atom is 0.241 e. The Morgan fingerprint density at radius 3 is 2.76 bits per heavy atom. The summed E-state index contributed by atoms with van der Waals surface area (Å²) in [5.41, 5.74) is 1.16. The molecular formula is C14H20N2O2S3. The Morgan fingerprint density at radius 2 is 2.14 bits per heavy atom. The number of thiophene rings is 2. The molecule has 4 nitrogen and oxygen atoms in total. The molecular weight excluding hydrogens is 324 g/mol. The van der Waals surface area contributed by atoms with Gasteiger partial charge in [0.15, 0.2) is 0 Å². The van der Waals surface area contributed by atoms with Crippen LogP contribution in [0, 0.1) is 6.92 Å². The van der Waals surface area contributed by atoms with E-state index in [2.05, 4.69) is 10.0 Å². The summed E-state index contributed by atoms with van der Waals surface area (Å²) in [4.78, 5) is 2.26. The highest BCUT2D eigenvalue weighted by molar-refractivity contribution is 7.89. The lowest BCUT2D eigenvalue weighted by atomic mass is 10.1. The first-order valence-corrected chi connectivity index (χ1v) is 9.94. The van der Waals surface area contributed by atoms with Gasteiger partial charge in [0.05, 0.1) is 4.90 Å². The van der Waals surface area contributed by atoms with E-state index in [0.717, 1.165) is 15.3 Å². The first-order valence-electron chi connectivity index (χ1n) is 6.69. The van der Waals surface area contributed by atoms with Crippen LogP contribution in [0.2, 0.25) is 0 Å². The average Bonchev–Trinajstić information content (AvgIpc) is 2.99. The Hall–Kier alpha value is -0.730. The minimum absolute atomic E-state index is 0.128. The summed E-state index contributed by atoms with van der Waals surface area (Å²) < 4.78 is 27.7. The van der Waals surface area contributed by atoms with Crippen LogP contribution in [0.1, 0.15) is 22.2 Å². The van der Waals surface area contributed by atoms with Gasteiger partial charge in [-0.2, -0.15) is 11.3 Å². The van der Waals surface area contributed by atoms with Crippen molar-refractivity contribution in [3.63, 3.8) is 0 Å². The number of nitrogens with one attached hydrogen (secondary N) is 2. The highest BCUT2D eigenvalue weighted by Crippen LogP contribution is 2.26. The summed E-state index contributed by atoms with van der Waals surface area (Å²) in [7, 11) is -1.60. The van der Waals surface area contributed by atoms with Gasteiger partial charge < -0.3 is 5.32 Å². The molecule has 116 valence electrons. The summed E-state index contributed by atoms with van der Waals surface area (Å²) >= 11 is 3.14. The fourth-order valence-corrected chi connectivity index (χ4v) is 5.76. The first-order chi connectivity index (χ1) is 9.92. The van der Waals surface area contributed by atoms with Crippen molar-refractivity contribution in [2.24, 2.45) is 0 Å². The van der Waals surface area contributed by atoms with E-state index < -0.39 is 10.0 Å². The van der Waals surface area contributed by atoms with Crippen molar-refractivity contribution in [2.45, 2.75) is 37.8 Å². The molecule has 1 atom stereocenters. The van der Waals surface area contributed by atoms with E-state index in [1.165, 1.54) is 11.3 Å². The molecule has 0 amide bonds. The van der Waals surface area contributed by atoms with E-state index in [1.807, 2.05) is 37.7 Å². The third-order valence-corrected chi connectivity index (χ3v) is 6.67. The molecule has 0 saturated carbocycles. The summed E-state index contributed by atoms with van der Waals surface area (Å²) in [6, 6.07) is 3.66. The van der Waals surface area contributed by atoms with Gasteiger partial charge in [0.25, 0.3) is 0 Å².